The number of unbranched alkanes of at least 4 members (excludes halogenated alkanes) is 8. The zero-order chi connectivity index (χ0) is 42.0. The van der Waals surface area contributed by atoms with E-state index in [4.69, 9.17) is 29.0 Å². The van der Waals surface area contributed by atoms with Crippen LogP contribution in [0.25, 0.3) is 5.52 Å². The standard InChI is InChI=1S/C41H61N6O9PS/c1-5-31(6-2)26-52-40(50)30(4)46-57(51,56-32-20-16-15-17-21-32)53-27-34-37(49)38(41(28-42,55-34)35-24-23-33-39(43)44-29-45-47(33)35)54-36(48)22-18-13-11-9-8-10-12-14-19-25-58-7-3/h15-17,20-21,23-24,29-31,34,37-38,49H,5-14,18-19,22,25-27H2,1-4H3,(H,46,51)(H2,43,44,45)/t30-,34-,37-,38-,41+,57+/m1/s1. The van der Waals surface area contributed by atoms with Gasteiger partial charge in [0.2, 0.25) is 5.60 Å². The van der Waals surface area contributed by atoms with Gasteiger partial charge in [0.05, 0.1) is 18.9 Å². The van der Waals surface area contributed by atoms with Crippen molar-refractivity contribution in [2.45, 2.75) is 135 Å². The van der Waals surface area contributed by atoms with Crippen LogP contribution in [0.2, 0.25) is 0 Å². The smallest absolute Gasteiger partial charge is 0.459 e. The van der Waals surface area contributed by atoms with Crippen LogP contribution in [0.5, 0.6) is 5.75 Å². The van der Waals surface area contributed by atoms with Crippen LogP contribution in [0.4, 0.5) is 5.82 Å². The molecule has 1 saturated heterocycles. The van der Waals surface area contributed by atoms with Crippen LogP contribution >= 0.6 is 19.5 Å². The Morgan fingerprint density at radius 1 is 1.05 bits per heavy atom. The van der Waals surface area contributed by atoms with Gasteiger partial charge in [-0.25, -0.2) is 14.1 Å². The molecule has 6 atom stereocenters. The van der Waals surface area contributed by atoms with E-state index in [9.17, 15) is 24.5 Å². The number of nitrogen functional groups attached to an aromatic ring is 1. The number of rotatable bonds is 27. The number of para-hydroxylation sites is 1. The molecule has 0 amide bonds. The zero-order valence-corrected chi connectivity index (χ0v) is 36.0. The first kappa shape index (κ1) is 47.0. The van der Waals surface area contributed by atoms with Crippen LogP contribution in [0.15, 0.2) is 48.8 Å². The van der Waals surface area contributed by atoms with Crippen molar-refractivity contribution in [2.24, 2.45) is 5.92 Å². The van der Waals surface area contributed by atoms with Gasteiger partial charge in [0.15, 0.2) is 11.9 Å². The number of nitrogens with one attached hydrogen (secondary N) is 1. The van der Waals surface area contributed by atoms with Crippen molar-refractivity contribution in [3.8, 4) is 11.8 Å². The third-order valence-corrected chi connectivity index (χ3v) is 12.9. The van der Waals surface area contributed by atoms with Crippen LogP contribution in [0, 0.1) is 17.2 Å². The normalized spacial score (nSPS) is 20.7. The third-order valence-electron chi connectivity index (χ3n) is 10.3. The summed E-state index contributed by atoms with van der Waals surface area (Å²) in [6.45, 7) is 7.26. The highest BCUT2D eigenvalue weighted by Crippen LogP contribution is 2.48. The molecule has 1 aliphatic rings. The van der Waals surface area contributed by atoms with Crippen LogP contribution in [0.3, 0.4) is 0 Å². The van der Waals surface area contributed by atoms with Crippen LogP contribution in [0.1, 0.15) is 110 Å². The molecular formula is C41H61N6O9PS. The van der Waals surface area contributed by atoms with E-state index in [1.54, 1.807) is 36.4 Å². The maximum Gasteiger partial charge on any atom is 0.459 e. The molecule has 15 nitrogen and oxygen atoms in total. The zero-order valence-electron chi connectivity index (χ0n) is 34.3. The molecule has 17 heteroatoms. The molecule has 2 aromatic heterocycles. The molecule has 1 fully saturated rings. The summed E-state index contributed by atoms with van der Waals surface area (Å²) in [6.07, 6.45) is 7.98. The highest BCUT2D eigenvalue weighted by Gasteiger charge is 2.60. The number of nitrogens with zero attached hydrogens (tertiary/aromatic N) is 4. The van der Waals surface area contributed by atoms with Gasteiger partial charge < -0.3 is 29.6 Å². The highest BCUT2D eigenvalue weighted by atomic mass is 32.2. The molecule has 0 radical (unpaired) electrons. The van der Waals surface area contributed by atoms with Crippen molar-refractivity contribution in [1.29, 1.82) is 5.26 Å². The molecule has 1 aromatic carbocycles. The number of esters is 2. The van der Waals surface area contributed by atoms with Gasteiger partial charge in [0.25, 0.3) is 0 Å². The van der Waals surface area contributed by atoms with Crippen molar-refractivity contribution >= 4 is 42.8 Å². The quantitative estimate of drug-likeness (QED) is 0.0385. The molecule has 320 valence electrons. The number of benzene rings is 1. The van der Waals surface area contributed by atoms with E-state index in [1.165, 1.54) is 61.0 Å². The fourth-order valence-electron chi connectivity index (χ4n) is 6.76. The van der Waals surface area contributed by atoms with Crippen molar-refractivity contribution in [1.82, 2.24) is 19.7 Å². The van der Waals surface area contributed by atoms with E-state index < -0.39 is 56.2 Å². The molecule has 3 aromatic rings. The molecule has 58 heavy (non-hydrogen) atoms. The van der Waals surface area contributed by atoms with Crippen LogP contribution in [-0.4, -0.2) is 80.7 Å². The first-order chi connectivity index (χ1) is 28.0. The van der Waals surface area contributed by atoms with Crippen molar-refractivity contribution in [2.75, 3.05) is 30.5 Å². The Labute approximate surface area is 346 Å². The molecule has 0 bridgehead atoms. The summed E-state index contributed by atoms with van der Waals surface area (Å²) < 4.78 is 45.0. The van der Waals surface area contributed by atoms with Crippen LogP contribution < -0.4 is 15.3 Å². The van der Waals surface area contributed by atoms with Crippen molar-refractivity contribution in [3.63, 3.8) is 0 Å². The lowest BCUT2D eigenvalue weighted by molar-refractivity contribution is -0.160. The predicted octanol–water partition coefficient (Wildman–Crippen LogP) is 7.52. The number of nitriles is 1. The maximum absolute atomic E-state index is 14.3. The number of aliphatic hydroxyl groups excluding tert-OH is 1. The topological polar surface area (TPSA) is 210 Å². The minimum atomic E-state index is -4.41. The molecule has 4 N–H and O–H groups in total. The van der Waals surface area contributed by atoms with Gasteiger partial charge in [-0.1, -0.05) is 96.8 Å². The number of hydrogen-bond donors (Lipinski definition) is 3. The van der Waals surface area contributed by atoms with E-state index in [2.05, 4.69) is 28.2 Å². The molecular weight excluding hydrogens is 784 g/mol. The Hall–Kier alpha value is -3.71. The first-order valence-corrected chi connectivity index (χ1v) is 23.3. The Kier molecular flexibility index (Phi) is 19.3. The lowest BCUT2D eigenvalue weighted by Crippen LogP contribution is -2.44. The highest BCUT2D eigenvalue weighted by molar-refractivity contribution is 7.99. The summed E-state index contributed by atoms with van der Waals surface area (Å²) in [5.41, 5.74) is 4.47. The first-order valence-electron chi connectivity index (χ1n) is 20.6. The molecule has 0 spiro atoms. The van der Waals surface area contributed by atoms with Crippen molar-refractivity contribution in [3.05, 3.63) is 54.5 Å². The number of carbonyl (C=O) groups is 2. The monoisotopic (exact) mass is 844 g/mol. The number of fused-ring (bicyclic) bond motifs is 1. The summed E-state index contributed by atoms with van der Waals surface area (Å²) in [7, 11) is -4.41. The molecule has 0 saturated carbocycles. The summed E-state index contributed by atoms with van der Waals surface area (Å²) in [5, 5.41) is 29.5. The van der Waals surface area contributed by atoms with Gasteiger partial charge in [0, 0.05) is 6.42 Å². The van der Waals surface area contributed by atoms with Gasteiger partial charge in [-0.05, 0) is 61.5 Å². The molecule has 0 aliphatic carbocycles. The van der Waals surface area contributed by atoms with Gasteiger partial charge in [0.1, 0.15) is 41.9 Å². The summed E-state index contributed by atoms with van der Waals surface area (Å²) in [5.74, 6) is 1.60. The maximum atomic E-state index is 14.3. The van der Waals surface area contributed by atoms with Crippen molar-refractivity contribution < 1.29 is 42.5 Å². The number of thioether (sulfide) groups is 1. The van der Waals surface area contributed by atoms with Gasteiger partial charge in [-0.2, -0.15) is 27.2 Å². The summed E-state index contributed by atoms with van der Waals surface area (Å²) >= 11 is 1.99. The SMILES string of the molecule is CCSCCCCCCCCCCCC(=O)O[C@@H]1[C@H](O)[C@@H](CO[P@@](=O)(N[C@H](C)C(=O)OCC(CC)CC)Oc2ccccc2)O[C@@]1(C#N)c1ccc2c(N)ncnn12. The Bertz CT molecular complexity index is 1810. The lowest BCUT2D eigenvalue weighted by Gasteiger charge is -2.27. The van der Waals surface area contributed by atoms with E-state index in [1.807, 2.05) is 25.6 Å². The number of aliphatic hydroxyl groups is 1. The van der Waals surface area contributed by atoms with E-state index in [0.29, 0.717) is 11.9 Å². The number of hydrogen-bond acceptors (Lipinski definition) is 14. The Balaban J connectivity index is 1.47. The van der Waals surface area contributed by atoms with Gasteiger partial charge >= 0.3 is 19.7 Å². The van der Waals surface area contributed by atoms with E-state index in [-0.39, 0.29) is 36.2 Å². The predicted molar refractivity (Wildman–Crippen MR) is 223 cm³/mol. The third kappa shape index (κ3) is 13.1. The number of ether oxygens (including phenoxy) is 3. The number of nitrogens with two attached hydrogens (primary N) is 1. The minimum Gasteiger partial charge on any atom is -0.464 e. The average molecular weight is 845 g/mol. The van der Waals surface area contributed by atoms with Crippen LogP contribution in [-0.2, 0) is 38.5 Å². The minimum absolute atomic E-state index is 0.0697. The second-order valence-corrected chi connectivity index (χ2v) is 17.6. The number of anilines is 1. The Morgan fingerprint density at radius 2 is 1.72 bits per heavy atom. The summed E-state index contributed by atoms with van der Waals surface area (Å²) in [4.78, 5) is 30.3. The van der Waals surface area contributed by atoms with E-state index >= 15 is 0 Å². The van der Waals surface area contributed by atoms with Gasteiger partial charge in [-0.3, -0.25) is 14.1 Å². The average Bonchev–Trinajstić information content (AvgIpc) is 3.78. The number of carbonyl (C=O) groups excluding carboxylic acids is 2. The second kappa shape index (κ2) is 23.8. The Morgan fingerprint density at radius 3 is 2.38 bits per heavy atom. The fourth-order valence-corrected chi connectivity index (χ4v) is 8.96. The number of aromatic nitrogens is 3. The summed E-state index contributed by atoms with van der Waals surface area (Å²) in [6, 6.07) is 12.3. The largest absolute Gasteiger partial charge is 0.464 e. The molecule has 3 heterocycles. The van der Waals surface area contributed by atoms with Gasteiger partial charge in [-0.15, -0.1) is 0 Å². The lowest BCUT2D eigenvalue weighted by atomic mass is 9.92. The molecule has 1 aliphatic heterocycles. The second-order valence-electron chi connectivity index (χ2n) is 14.6. The fraction of sp³-hybridized carbons (Fsp3) is 0.634. The van der Waals surface area contributed by atoms with E-state index in [0.717, 1.165) is 38.5 Å². The molecule has 0 unspecified atom stereocenters. The molecule has 4 rings (SSSR count).